The van der Waals surface area contributed by atoms with E-state index in [0.717, 1.165) is 17.7 Å². The molecular weight excluding hydrogens is 324 g/mol. The summed E-state index contributed by atoms with van der Waals surface area (Å²) >= 11 is 0. The first-order chi connectivity index (χ1) is 11.4. The maximum Gasteiger partial charge on any atom is 0.240 e. The average molecular weight is 346 g/mol. The first-order valence-electron chi connectivity index (χ1n) is 7.86. The van der Waals surface area contributed by atoms with E-state index in [4.69, 9.17) is 0 Å². The Labute approximate surface area is 143 Å². The molecule has 0 saturated carbocycles. The minimum Gasteiger partial charge on any atom is -0.311 e. The second-order valence-corrected chi connectivity index (χ2v) is 7.17. The summed E-state index contributed by atoms with van der Waals surface area (Å²) < 4.78 is 27.2. The van der Waals surface area contributed by atoms with Crippen molar-refractivity contribution >= 4 is 21.6 Å². The van der Waals surface area contributed by atoms with Crippen molar-refractivity contribution in [3.05, 3.63) is 60.2 Å². The molecule has 0 spiro atoms. The molecule has 128 valence electrons. The molecule has 0 unspecified atom stereocenters. The highest BCUT2D eigenvalue weighted by molar-refractivity contribution is 7.89. The molecule has 5 nitrogen and oxygen atoms in total. The average Bonchev–Trinajstić information content (AvgIpc) is 2.59. The molecule has 6 heteroatoms. The second kappa shape index (κ2) is 8.08. The molecule has 0 aliphatic heterocycles. The van der Waals surface area contributed by atoms with Crippen LogP contribution in [0.2, 0.25) is 0 Å². The lowest BCUT2D eigenvalue weighted by atomic mass is 10.2. The van der Waals surface area contributed by atoms with E-state index in [1.807, 2.05) is 37.3 Å². The molecule has 2 aromatic rings. The lowest BCUT2D eigenvalue weighted by molar-refractivity contribution is -0.116. The van der Waals surface area contributed by atoms with E-state index in [-0.39, 0.29) is 23.9 Å². The van der Waals surface area contributed by atoms with Crippen molar-refractivity contribution in [3.8, 4) is 0 Å². The van der Waals surface area contributed by atoms with Gasteiger partial charge in [0, 0.05) is 25.7 Å². The van der Waals surface area contributed by atoms with Crippen LogP contribution in [0.5, 0.6) is 0 Å². The Kier molecular flexibility index (Phi) is 6.11. The van der Waals surface area contributed by atoms with Gasteiger partial charge in [-0.15, -0.1) is 0 Å². The first-order valence-corrected chi connectivity index (χ1v) is 9.34. The van der Waals surface area contributed by atoms with Crippen LogP contribution in [0.25, 0.3) is 0 Å². The van der Waals surface area contributed by atoms with Crippen molar-refractivity contribution in [1.29, 1.82) is 0 Å². The molecule has 0 saturated heterocycles. The molecular formula is C18H22N2O3S. The topological polar surface area (TPSA) is 66.5 Å². The fraction of sp³-hybridized carbons (Fsp3) is 0.278. The zero-order valence-electron chi connectivity index (χ0n) is 13.9. The summed E-state index contributed by atoms with van der Waals surface area (Å²) in [6.07, 6.45) is 0.860. The number of para-hydroxylation sites is 1. The summed E-state index contributed by atoms with van der Waals surface area (Å²) in [5.41, 5.74) is 1.83. The molecule has 24 heavy (non-hydrogen) atoms. The molecule has 0 atom stereocenters. The van der Waals surface area contributed by atoms with Crippen LogP contribution in [-0.4, -0.2) is 27.4 Å². The smallest absolute Gasteiger partial charge is 0.240 e. The number of rotatable bonds is 7. The van der Waals surface area contributed by atoms with Crippen LogP contribution in [0.1, 0.15) is 19.4 Å². The van der Waals surface area contributed by atoms with E-state index in [1.165, 1.54) is 6.92 Å². The number of sulfonamides is 1. The molecule has 0 aliphatic carbocycles. The van der Waals surface area contributed by atoms with E-state index >= 15 is 0 Å². The van der Waals surface area contributed by atoms with Gasteiger partial charge in [-0.1, -0.05) is 37.3 Å². The quantitative estimate of drug-likeness (QED) is 0.838. The summed E-state index contributed by atoms with van der Waals surface area (Å²) in [7, 11) is -3.58. The number of benzene rings is 2. The van der Waals surface area contributed by atoms with Crippen molar-refractivity contribution in [2.24, 2.45) is 0 Å². The van der Waals surface area contributed by atoms with Gasteiger partial charge in [-0.3, -0.25) is 4.79 Å². The maximum absolute atomic E-state index is 12.3. The number of carbonyl (C=O) groups is 1. The van der Waals surface area contributed by atoms with Gasteiger partial charge in [0.15, 0.2) is 0 Å². The number of carbonyl (C=O) groups excluding carboxylic acids is 1. The number of hydrogen-bond acceptors (Lipinski definition) is 3. The number of anilines is 1. The fourth-order valence-electron chi connectivity index (χ4n) is 2.36. The minimum atomic E-state index is -3.58. The van der Waals surface area contributed by atoms with Gasteiger partial charge >= 0.3 is 0 Å². The largest absolute Gasteiger partial charge is 0.311 e. The van der Waals surface area contributed by atoms with Crippen LogP contribution < -0.4 is 9.62 Å². The predicted molar refractivity (Wildman–Crippen MR) is 95.5 cm³/mol. The predicted octanol–water partition coefficient (Wildman–Crippen LogP) is 2.58. The van der Waals surface area contributed by atoms with Gasteiger partial charge in [-0.05, 0) is 36.2 Å². The Hall–Kier alpha value is -2.18. The van der Waals surface area contributed by atoms with E-state index < -0.39 is 10.0 Å². The van der Waals surface area contributed by atoms with Crippen molar-refractivity contribution < 1.29 is 13.2 Å². The van der Waals surface area contributed by atoms with Gasteiger partial charge in [-0.25, -0.2) is 13.1 Å². The van der Waals surface area contributed by atoms with Gasteiger partial charge < -0.3 is 4.90 Å². The van der Waals surface area contributed by atoms with Gasteiger partial charge in [0.2, 0.25) is 15.9 Å². The number of nitrogens with zero attached hydrogens (tertiary/aromatic N) is 1. The molecule has 0 heterocycles. The number of nitrogens with one attached hydrogen (secondary N) is 1. The highest BCUT2D eigenvalue weighted by Crippen LogP contribution is 2.14. The van der Waals surface area contributed by atoms with E-state index in [2.05, 4.69) is 4.72 Å². The van der Waals surface area contributed by atoms with E-state index in [9.17, 15) is 13.2 Å². The Morgan fingerprint density at radius 2 is 1.67 bits per heavy atom. The Morgan fingerprint density at radius 3 is 2.21 bits per heavy atom. The van der Waals surface area contributed by atoms with Crippen LogP contribution in [0.4, 0.5) is 5.69 Å². The molecule has 0 aliphatic rings. The number of amides is 1. The third-order valence-corrected chi connectivity index (χ3v) is 5.19. The zero-order chi connectivity index (χ0) is 17.6. The minimum absolute atomic E-state index is 0.132. The van der Waals surface area contributed by atoms with Crippen LogP contribution in [-0.2, 0) is 21.2 Å². The third kappa shape index (κ3) is 4.66. The van der Waals surface area contributed by atoms with Crippen molar-refractivity contribution in [2.75, 3.05) is 18.0 Å². The molecule has 2 aromatic carbocycles. The fourth-order valence-corrected chi connectivity index (χ4v) is 3.38. The van der Waals surface area contributed by atoms with E-state index in [1.54, 1.807) is 29.2 Å². The lowest BCUT2D eigenvalue weighted by Crippen LogP contribution is -2.37. The molecule has 1 amide bonds. The van der Waals surface area contributed by atoms with Crippen molar-refractivity contribution in [3.63, 3.8) is 0 Å². The number of hydrogen-bond donors (Lipinski definition) is 1. The lowest BCUT2D eigenvalue weighted by Gasteiger charge is -2.21. The highest BCUT2D eigenvalue weighted by atomic mass is 32.2. The standard InChI is InChI=1S/C18H22N2O3S/c1-3-16-9-11-18(12-10-16)24(22,23)19-13-14-20(15(2)21)17-7-5-4-6-8-17/h4-12,19H,3,13-14H2,1-2H3. The maximum atomic E-state index is 12.3. The van der Waals surface area contributed by atoms with Crippen LogP contribution in [0, 0.1) is 0 Å². The SMILES string of the molecule is CCc1ccc(S(=O)(=O)NCCN(C(C)=O)c2ccccc2)cc1. The van der Waals surface area contributed by atoms with Crippen molar-refractivity contribution in [1.82, 2.24) is 4.72 Å². The highest BCUT2D eigenvalue weighted by Gasteiger charge is 2.16. The normalized spacial score (nSPS) is 11.2. The Balaban J connectivity index is 2.01. The molecule has 1 N–H and O–H groups in total. The van der Waals surface area contributed by atoms with Gasteiger partial charge in [0.25, 0.3) is 0 Å². The Morgan fingerprint density at radius 1 is 1.04 bits per heavy atom. The van der Waals surface area contributed by atoms with Crippen LogP contribution >= 0.6 is 0 Å². The zero-order valence-corrected chi connectivity index (χ0v) is 14.7. The molecule has 0 radical (unpaired) electrons. The summed E-state index contributed by atoms with van der Waals surface area (Å²) in [6, 6.07) is 16.0. The van der Waals surface area contributed by atoms with Gasteiger partial charge in [0.05, 0.1) is 4.90 Å². The van der Waals surface area contributed by atoms with Crippen LogP contribution in [0.3, 0.4) is 0 Å². The summed E-state index contributed by atoms with van der Waals surface area (Å²) in [5, 5.41) is 0. The summed E-state index contributed by atoms with van der Waals surface area (Å²) in [5.74, 6) is -0.132. The summed E-state index contributed by atoms with van der Waals surface area (Å²) in [6.45, 7) is 3.89. The summed E-state index contributed by atoms with van der Waals surface area (Å²) in [4.78, 5) is 13.6. The van der Waals surface area contributed by atoms with Crippen LogP contribution in [0.15, 0.2) is 59.5 Å². The monoisotopic (exact) mass is 346 g/mol. The Bertz CT molecular complexity index is 772. The van der Waals surface area contributed by atoms with E-state index in [0.29, 0.717) is 0 Å². The molecule has 2 rings (SSSR count). The van der Waals surface area contributed by atoms with Gasteiger partial charge in [-0.2, -0.15) is 0 Å². The third-order valence-electron chi connectivity index (χ3n) is 3.72. The molecule has 0 fully saturated rings. The first kappa shape index (κ1) is 18.2. The molecule has 0 aromatic heterocycles. The second-order valence-electron chi connectivity index (χ2n) is 5.40. The van der Waals surface area contributed by atoms with Crippen molar-refractivity contribution in [2.45, 2.75) is 25.2 Å². The number of aryl methyl sites for hydroxylation is 1. The van der Waals surface area contributed by atoms with Gasteiger partial charge in [0.1, 0.15) is 0 Å². The molecule has 0 bridgehead atoms.